The summed E-state index contributed by atoms with van der Waals surface area (Å²) in [6.07, 6.45) is 0. The van der Waals surface area contributed by atoms with E-state index >= 15 is 0 Å². The zero-order valence-corrected chi connectivity index (χ0v) is 16.2. The SMILES string of the molecule is O=C1O[C@@](c2ccccc2)(N(Nc2ccccc2)c2ccccc2)c2ccccc21. The Hall–Kier alpha value is -4.05. The molecular formula is C26H20N2O2. The van der Waals surface area contributed by atoms with Crippen LogP contribution in [0.1, 0.15) is 21.5 Å². The molecule has 30 heavy (non-hydrogen) atoms. The molecule has 0 saturated heterocycles. The highest BCUT2D eigenvalue weighted by molar-refractivity contribution is 5.96. The van der Waals surface area contributed by atoms with Gasteiger partial charge in [0.15, 0.2) is 0 Å². The maximum Gasteiger partial charge on any atom is 0.341 e. The number of anilines is 2. The van der Waals surface area contributed by atoms with Crippen LogP contribution in [0.4, 0.5) is 11.4 Å². The molecule has 1 heterocycles. The largest absolute Gasteiger partial charge is 0.425 e. The summed E-state index contributed by atoms with van der Waals surface area (Å²) in [6.45, 7) is 0. The maximum absolute atomic E-state index is 13.0. The van der Waals surface area contributed by atoms with E-state index in [1.54, 1.807) is 0 Å². The first-order valence-electron chi connectivity index (χ1n) is 9.84. The van der Waals surface area contributed by atoms with Crippen molar-refractivity contribution < 1.29 is 9.53 Å². The number of benzene rings is 4. The Morgan fingerprint density at radius 3 is 1.93 bits per heavy atom. The molecule has 0 fully saturated rings. The molecular weight excluding hydrogens is 372 g/mol. The molecule has 1 atom stereocenters. The molecule has 5 rings (SSSR count). The number of para-hydroxylation sites is 2. The van der Waals surface area contributed by atoms with Crippen LogP contribution in [-0.4, -0.2) is 5.97 Å². The number of hydrazine groups is 1. The lowest BCUT2D eigenvalue weighted by Crippen LogP contribution is -2.51. The number of hydrogen-bond acceptors (Lipinski definition) is 4. The summed E-state index contributed by atoms with van der Waals surface area (Å²) in [5.74, 6) is -0.342. The number of carbonyl (C=O) groups excluding carboxylic acids is 1. The first-order valence-corrected chi connectivity index (χ1v) is 9.84. The van der Waals surface area contributed by atoms with Crippen LogP contribution in [-0.2, 0) is 10.5 Å². The summed E-state index contributed by atoms with van der Waals surface area (Å²) in [5, 5.41) is 1.93. The minimum atomic E-state index is -1.16. The van der Waals surface area contributed by atoms with Gasteiger partial charge in [0.2, 0.25) is 0 Å². The van der Waals surface area contributed by atoms with Crippen molar-refractivity contribution in [2.75, 3.05) is 10.4 Å². The maximum atomic E-state index is 13.0. The zero-order chi connectivity index (χ0) is 20.4. The second-order valence-electron chi connectivity index (χ2n) is 7.09. The van der Waals surface area contributed by atoms with E-state index in [2.05, 4.69) is 5.43 Å². The molecule has 0 unspecified atom stereocenters. The van der Waals surface area contributed by atoms with E-state index in [1.807, 2.05) is 120 Å². The highest BCUT2D eigenvalue weighted by atomic mass is 16.6. The summed E-state index contributed by atoms with van der Waals surface area (Å²) >= 11 is 0. The molecule has 0 radical (unpaired) electrons. The molecule has 1 N–H and O–H groups in total. The molecule has 4 aromatic rings. The van der Waals surface area contributed by atoms with Gasteiger partial charge in [-0.1, -0.05) is 84.9 Å². The molecule has 0 amide bonds. The van der Waals surface area contributed by atoms with Gasteiger partial charge in [0.25, 0.3) is 5.72 Å². The van der Waals surface area contributed by atoms with Crippen LogP contribution in [0, 0.1) is 0 Å². The Balaban J connectivity index is 1.77. The third-order valence-electron chi connectivity index (χ3n) is 5.26. The van der Waals surface area contributed by atoms with Gasteiger partial charge in [-0.3, -0.25) is 5.43 Å². The standard InChI is InChI=1S/C26H20N2O2/c29-25-23-18-10-11-19-24(23)26(30-25,20-12-4-1-5-13-20)28(22-16-8-3-9-17-22)27-21-14-6-2-7-15-21/h1-19,27H/t26-/m1/s1. The predicted molar refractivity (Wildman–Crippen MR) is 118 cm³/mol. The Labute approximate surface area is 175 Å². The van der Waals surface area contributed by atoms with Crippen LogP contribution in [0.3, 0.4) is 0 Å². The lowest BCUT2D eigenvalue weighted by Gasteiger charge is -2.42. The van der Waals surface area contributed by atoms with Crippen molar-refractivity contribution in [2.45, 2.75) is 5.72 Å². The van der Waals surface area contributed by atoms with Crippen molar-refractivity contribution in [3.63, 3.8) is 0 Å². The molecule has 1 aliphatic heterocycles. The van der Waals surface area contributed by atoms with E-state index in [9.17, 15) is 4.79 Å². The molecule has 146 valence electrons. The van der Waals surface area contributed by atoms with Crippen LogP contribution in [0.2, 0.25) is 0 Å². The van der Waals surface area contributed by atoms with E-state index < -0.39 is 5.72 Å². The molecule has 0 aromatic heterocycles. The van der Waals surface area contributed by atoms with Gasteiger partial charge in [0, 0.05) is 11.1 Å². The van der Waals surface area contributed by atoms with E-state index in [0.29, 0.717) is 5.56 Å². The fraction of sp³-hybridized carbons (Fsp3) is 0.0385. The normalized spacial score (nSPS) is 17.1. The second-order valence-corrected chi connectivity index (χ2v) is 7.09. The number of esters is 1. The highest BCUT2D eigenvalue weighted by Gasteiger charge is 2.52. The van der Waals surface area contributed by atoms with Crippen LogP contribution in [0.5, 0.6) is 0 Å². The second kappa shape index (κ2) is 7.41. The predicted octanol–water partition coefficient (Wildman–Crippen LogP) is 5.59. The molecule has 4 aromatic carbocycles. The molecule has 1 aliphatic rings. The Morgan fingerprint density at radius 2 is 1.23 bits per heavy atom. The molecule has 0 spiro atoms. The van der Waals surface area contributed by atoms with Crippen molar-refractivity contribution in [1.82, 2.24) is 0 Å². The van der Waals surface area contributed by atoms with Gasteiger partial charge in [-0.05, 0) is 30.3 Å². The monoisotopic (exact) mass is 392 g/mol. The van der Waals surface area contributed by atoms with Crippen LogP contribution >= 0.6 is 0 Å². The summed E-state index contributed by atoms with van der Waals surface area (Å²) in [6, 6.07) is 37.2. The third kappa shape index (κ3) is 2.90. The van der Waals surface area contributed by atoms with Crippen molar-refractivity contribution in [1.29, 1.82) is 0 Å². The van der Waals surface area contributed by atoms with Crippen molar-refractivity contribution in [3.8, 4) is 0 Å². The number of cyclic esters (lactones) is 1. The number of ether oxygens (including phenoxy) is 1. The third-order valence-corrected chi connectivity index (χ3v) is 5.26. The highest BCUT2D eigenvalue weighted by Crippen LogP contribution is 2.46. The smallest absolute Gasteiger partial charge is 0.341 e. The van der Waals surface area contributed by atoms with Gasteiger partial charge >= 0.3 is 5.97 Å². The van der Waals surface area contributed by atoms with E-state index in [-0.39, 0.29) is 5.97 Å². The van der Waals surface area contributed by atoms with Gasteiger partial charge in [0.1, 0.15) is 0 Å². The number of fused-ring (bicyclic) bond motifs is 1. The number of nitrogens with one attached hydrogen (secondary N) is 1. The van der Waals surface area contributed by atoms with Gasteiger partial charge < -0.3 is 4.74 Å². The number of rotatable bonds is 5. The van der Waals surface area contributed by atoms with Gasteiger partial charge in [-0.25, -0.2) is 9.80 Å². The molecule has 0 saturated carbocycles. The van der Waals surface area contributed by atoms with Gasteiger partial charge in [-0.15, -0.1) is 0 Å². The topological polar surface area (TPSA) is 41.6 Å². The fourth-order valence-corrected chi connectivity index (χ4v) is 3.92. The number of hydrogen-bond donors (Lipinski definition) is 1. The minimum Gasteiger partial charge on any atom is -0.425 e. The average Bonchev–Trinajstić information content (AvgIpc) is 3.13. The van der Waals surface area contributed by atoms with Crippen LogP contribution < -0.4 is 10.4 Å². The van der Waals surface area contributed by atoms with Crippen LogP contribution in [0.15, 0.2) is 115 Å². The Bertz CT molecular complexity index is 1160. The number of nitrogens with zero attached hydrogens (tertiary/aromatic N) is 1. The zero-order valence-electron chi connectivity index (χ0n) is 16.2. The first-order chi connectivity index (χ1) is 14.8. The minimum absolute atomic E-state index is 0.342. The summed E-state index contributed by atoms with van der Waals surface area (Å²) < 4.78 is 6.22. The van der Waals surface area contributed by atoms with E-state index in [1.165, 1.54) is 0 Å². The fourth-order valence-electron chi connectivity index (χ4n) is 3.92. The lowest BCUT2D eigenvalue weighted by atomic mass is 9.91. The van der Waals surface area contributed by atoms with E-state index in [4.69, 9.17) is 4.74 Å². The van der Waals surface area contributed by atoms with Crippen molar-refractivity contribution in [2.24, 2.45) is 0 Å². The molecule has 4 heteroatoms. The average molecular weight is 392 g/mol. The molecule has 0 bridgehead atoms. The first kappa shape index (κ1) is 18.0. The quantitative estimate of drug-likeness (QED) is 0.355. The van der Waals surface area contributed by atoms with Gasteiger partial charge in [-0.2, -0.15) is 0 Å². The summed E-state index contributed by atoms with van der Waals surface area (Å²) in [5.41, 5.74) is 6.31. The van der Waals surface area contributed by atoms with Gasteiger partial charge in [0.05, 0.1) is 16.9 Å². The van der Waals surface area contributed by atoms with Crippen LogP contribution in [0.25, 0.3) is 0 Å². The lowest BCUT2D eigenvalue weighted by molar-refractivity contribution is 0.0111. The van der Waals surface area contributed by atoms with E-state index in [0.717, 1.165) is 22.5 Å². The number of carbonyl (C=O) groups is 1. The molecule has 0 aliphatic carbocycles. The Morgan fingerprint density at radius 1 is 0.667 bits per heavy atom. The van der Waals surface area contributed by atoms with Crippen molar-refractivity contribution in [3.05, 3.63) is 132 Å². The summed E-state index contributed by atoms with van der Waals surface area (Å²) in [4.78, 5) is 13.0. The Kier molecular flexibility index (Phi) is 4.45. The summed E-state index contributed by atoms with van der Waals surface area (Å²) in [7, 11) is 0. The molecule has 4 nitrogen and oxygen atoms in total. The van der Waals surface area contributed by atoms with Crippen molar-refractivity contribution >= 4 is 17.3 Å².